The normalized spacial score (nSPS) is 13.6. The van der Waals surface area contributed by atoms with E-state index in [1.165, 1.54) is 29.6 Å². The number of halogens is 3. The quantitative estimate of drug-likeness (QED) is 0.893. The SMILES string of the molecule is NC(Cc1ccc(-n2cncn2)nc1)C(F)(F)F. The Balaban J connectivity index is 2.09. The van der Waals surface area contributed by atoms with Gasteiger partial charge in [0, 0.05) is 6.20 Å². The van der Waals surface area contributed by atoms with Crippen LogP contribution in [0, 0.1) is 0 Å². The summed E-state index contributed by atoms with van der Waals surface area (Å²) in [6.45, 7) is 0. The second kappa shape index (κ2) is 4.73. The molecule has 18 heavy (non-hydrogen) atoms. The molecule has 0 fully saturated rings. The van der Waals surface area contributed by atoms with Crippen molar-refractivity contribution in [2.45, 2.75) is 18.6 Å². The van der Waals surface area contributed by atoms with Gasteiger partial charge in [0.05, 0.1) is 0 Å². The lowest BCUT2D eigenvalue weighted by atomic mass is 10.1. The molecule has 0 radical (unpaired) electrons. The molecule has 0 spiro atoms. The van der Waals surface area contributed by atoms with Crippen molar-refractivity contribution in [2.24, 2.45) is 5.73 Å². The Morgan fingerprint density at radius 3 is 2.61 bits per heavy atom. The van der Waals surface area contributed by atoms with E-state index in [1.807, 2.05) is 0 Å². The van der Waals surface area contributed by atoms with Crippen molar-refractivity contribution in [3.63, 3.8) is 0 Å². The van der Waals surface area contributed by atoms with Crippen LogP contribution in [0.15, 0.2) is 31.0 Å². The van der Waals surface area contributed by atoms with Gasteiger partial charge in [0.25, 0.3) is 0 Å². The van der Waals surface area contributed by atoms with Gasteiger partial charge in [0.2, 0.25) is 0 Å². The number of aromatic nitrogens is 4. The topological polar surface area (TPSA) is 69.6 Å². The van der Waals surface area contributed by atoms with E-state index in [2.05, 4.69) is 15.1 Å². The number of hydrogen-bond donors (Lipinski definition) is 1. The highest BCUT2D eigenvalue weighted by Gasteiger charge is 2.36. The molecule has 0 saturated carbocycles. The predicted octanol–water partition coefficient (Wildman–Crippen LogP) is 1.09. The molecule has 5 nitrogen and oxygen atoms in total. The van der Waals surface area contributed by atoms with Crippen LogP contribution in [-0.2, 0) is 6.42 Å². The smallest absolute Gasteiger partial charge is 0.320 e. The van der Waals surface area contributed by atoms with Gasteiger partial charge in [-0.3, -0.25) is 0 Å². The standard InChI is InChI=1S/C10H10F3N5/c11-10(12,13)8(14)3-7-1-2-9(16-4-7)18-6-15-5-17-18/h1-2,4-6,8H,3,14H2. The lowest BCUT2D eigenvalue weighted by molar-refractivity contribution is -0.147. The summed E-state index contributed by atoms with van der Waals surface area (Å²) in [7, 11) is 0. The average Bonchev–Trinajstić information content (AvgIpc) is 2.82. The number of hydrogen-bond acceptors (Lipinski definition) is 4. The highest BCUT2D eigenvalue weighted by atomic mass is 19.4. The van der Waals surface area contributed by atoms with Crippen molar-refractivity contribution >= 4 is 0 Å². The second-order valence-electron chi connectivity index (χ2n) is 3.72. The monoisotopic (exact) mass is 257 g/mol. The number of nitrogens with zero attached hydrogens (tertiary/aromatic N) is 4. The minimum atomic E-state index is -4.40. The first-order valence-corrected chi connectivity index (χ1v) is 5.09. The molecule has 2 aromatic heterocycles. The third kappa shape index (κ3) is 2.83. The summed E-state index contributed by atoms with van der Waals surface area (Å²) in [6.07, 6.45) is -0.556. The number of nitrogens with two attached hydrogens (primary N) is 1. The minimum absolute atomic E-state index is 0.297. The van der Waals surface area contributed by atoms with Crippen molar-refractivity contribution in [3.05, 3.63) is 36.5 Å². The zero-order chi connectivity index (χ0) is 13.2. The first kappa shape index (κ1) is 12.5. The van der Waals surface area contributed by atoms with Gasteiger partial charge in [-0.15, -0.1) is 0 Å². The van der Waals surface area contributed by atoms with Gasteiger partial charge in [-0.05, 0) is 18.1 Å². The minimum Gasteiger partial charge on any atom is -0.320 e. The fourth-order valence-corrected chi connectivity index (χ4v) is 1.37. The molecule has 96 valence electrons. The Bertz CT molecular complexity index is 491. The maximum atomic E-state index is 12.3. The van der Waals surface area contributed by atoms with Crippen LogP contribution in [0.4, 0.5) is 13.2 Å². The van der Waals surface area contributed by atoms with E-state index in [0.29, 0.717) is 11.4 Å². The Labute approximate surface area is 100 Å². The zero-order valence-electron chi connectivity index (χ0n) is 9.17. The Hall–Kier alpha value is -1.96. The predicted molar refractivity (Wildman–Crippen MR) is 56.9 cm³/mol. The van der Waals surface area contributed by atoms with Gasteiger partial charge in [-0.25, -0.2) is 14.6 Å². The second-order valence-corrected chi connectivity index (χ2v) is 3.72. The number of alkyl halides is 3. The van der Waals surface area contributed by atoms with Crippen LogP contribution in [0.2, 0.25) is 0 Å². The van der Waals surface area contributed by atoms with Gasteiger partial charge in [-0.2, -0.15) is 18.3 Å². The van der Waals surface area contributed by atoms with Crippen molar-refractivity contribution < 1.29 is 13.2 Å². The van der Waals surface area contributed by atoms with E-state index in [-0.39, 0.29) is 6.42 Å². The van der Waals surface area contributed by atoms with Crippen LogP contribution < -0.4 is 5.73 Å². The molecule has 0 aliphatic heterocycles. The summed E-state index contributed by atoms with van der Waals surface area (Å²) in [5.41, 5.74) is 5.46. The van der Waals surface area contributed by atoms with E-state index in [9.17, 15) is 13.2 Å². The van der Waals surface area contributed by atoms with Crippen LogP contribution in [0.3, 0.4) is 0 Å². The van der Waals surface area contributed by atoms with Crippen molar-refractivity contribution in [2.75, 3.05) is 0 Å². The highest BCUT2D eigenvalue weighted by molar-refractivity contribution is 5.24. The lowest BCUT2D eigenvalue weighted by Gasteiger charge is -2.15. The molecule has 0 aliphatic carbocycles. The summed E-state index contributed by atoms with van der Waals surface area (Å²) in [4.78, 5) is 7.74. The molecule has 0 aromatic carbocycles. The summed E-state index contributed by atoms with van der Waals surface area (Å²) in [6, 6.07) is 1.22. The molecule has 1 atom stereocenters. The molecule has 2 rings (SSSR count). The van der Waals surface area contributed by atoms with Crippen molar-refractivity contribution in [3.8, 4) is 5.82 Å². The molecule has 1 unspecified atom stereocenters. The molecule has 0 amide bonds. The Kier molecular flexibility index (Phi) is 3.28. The molecule has 2 aromatic rings. The number of rotatable bonds is 3. The molecule has 2 N–H and O–H groups in total. The van der Waals surface area contributed by atoms with Crippen LogP contribution in [-0.4, -0.2) is 32.0 Å². The molecular weight excluding hydrogens is 247 g/mol. The average molecular weight is 257 g/mol. The summed E-state index contributed by atoms with van der Waals surface area (Å²) >= 11 is 0. The summed E-state index contributed by atoms with van der Waals surface area (Å²) < 4.78 is 38.2. The van der Waals surface area contributed by atoms with Gasteiger partial charge in [0.1, 0.15) is 18.7 Å². The van der Waals surface area contributed by atoms with E-state index in [0.717, 1.165) is 0 Å². The summed E-state index contributed by atoms with van der Waals surface area (Å²) in [5.74, 6) is 0.483. The van der Waals surface area contributed by atoms with Crippen LogP contribution >= 0.6 is 0 Å². The Morgan fingerprint density at radius 1 is 1.33 bits per heavy atom. The van der Waals surface area contributed by atoms with Gasteiger partial charge < -0.3 is 5.73 Å². The van der Waals surface area contributed by atoms with Crippen molar-refractivity contribution in [1.82, 2.24) is 19.7 Å². The van der Waals surface area contributed by atoms with Gasteiger partial charge in [-0.1, -0.05) is 6.07 Å². The maximum Gasteiger partial charge on any atom is 0.403 e. The molecule has 2 heterocycles. The fraction of sp³-hybridized carbons (Fsp3) is 0.300. The van der Waals surface area contributed by atoms with E-state index in [1.54, 1.807) is 6.07 Å². The fourth-order valence-electron chi connectivity index (χ4n) is 1.37. The van der Waals surface area contributed by atoms with E-state index in [4.69, 9.17) is 5.73 Å². The Morgan fingerprint density at radius 2 is 2.11 bits per heavy atom. The van der Waals surface area contributed by atoms with Gasteiger partial charge in [0.15, 0.2) is 5.82 Å². The molecule has 0 bridgehead atoms. The first-order valence-electron chi connectivity index (χ1n) is 5.09. The zero-order valence-corrected chi connectivity index (χ0v) is 9.17. The molecular formula is C10H10F3N5. The van der Waals surface area contributed by atoms with Crippen LogP contribution in [0.5, 0.6) is 0 Å². The summed E-state index contributed by atoms with van der Waals surface area (Å²) in [5, 5.41) is 3.85. The molecule has 0 aliphatic rings. The lowest BCUT2D eigenvalue weighted by Crippen LogP contribution is -2.39. The molecule has 8 heteroatoms. The van der Waals surface area contributed by atoms with Crippen LogP contribution in [0.25, 0.3) is 5.82 Å². The first-order chi connectivity index (χ1) is 8.47. The van der Waals surface area contributed by atoms with E-state index < -0.39 is 12.2 Å². The van der Waals surface area contributed by atoms with E-state index >= 15 is 0 Å². The largest absolute Gasteiger partial charge is 0.403 e. The van der Waals surface area contributed by atoms with Gasteiger partial charge >= 0.3 is 6.18 Å². The molecule has 0 saturated heterocycles. The third-order valence-electron chi connectivity index (χ3n) is 2.34. The van der Waals surface area contributed by atoms with Crippen LogP contribution in [0.1, 0.15) is 5.56 Å². The number of pyridine rings is 1. The third-order valence-corrected chi connectivity index (χ3v) is 2.34. The maximum absolute atomic E-state index is 12.3. The highest BCUT2D eigenvalue weighted by Crippen LogP contribution is 2.21. The van der Waals surface area contributed by atoms with Crippen molar-refractivity contribution in [1.29, 1.82) is 0 Å².